The zero-order valence-corrected chi connectivity index (χ0v) is 45.4. The van der Waals surface area contributed by atoms with E-state index in [-0.39, 0.29) is 49.2 Å². The number of aromatic nitrogens is 4. The molecule has 4 heterocycles. The molecule has 2 aromatic heterocycles. The van der Waals surface area contributed by atoms with E-state index in [2.05, 4.69) is 68.7 Å². The van der Waals surface area contributed by atoms with Gasteiger partial charge in [0.2, 0.25) is 29.4 Å². The lowest BCUT2D eigenvalue weighted by Gasteiger charge is -2.27. The van der Waals surface area contributed by atoms with Crippen molar-refractivity contribution in [1.29, 1.82) is 5.41 Å². The fourth-order valence-corrected chi connectivity index (χ4v) is 8.36. The highest BCUT2D eigenvalue weighted by Crippen LogP contribution is 2.34. The van der Waals surface area contributed by atoms with E-state index >= 15 is 0 Å². The van der Waals surface area contributed by atoms with Crippen LogP contribution in [0.25, 0.3) is 22.8 Å². The summed E-state index contributed by atoms with van der Waals surface area (Å²) in [6, 6.07) is 15.4. The van der Waals surface area contributed by atoms with Crippen LogP contribution >= 0.6 is 12.4 Å². The van der Waals surface area contributed by atoms with Crippen molar-refractivity contribution in [1.82, 2.24) is 35.4 Å². The van der Waals surface area contributed by atoms with Crippen LogP contribution in [0.4, 0.5) is 9.59 Å². The third kappa shape index (κ3) is 21.0. The minimum Gasteiger partial charge on any atom is -0.444 e. The predicted octanol–water partition coefficient (Wildman–Crippen LogP) is 10.2. The number of likely N-dealkylation sites (tertiary alicyclic amines) is 2. The van der Waals surface area contributed by atoms with Gasteiger partial charge in [0, 0.05) is 44.2 Å². The fraction of sp³-hybridized carbons (Fsp3) is 0.623. The number of aliphatic hydroxyl groups excluding tert-OH is 3. The fourth-order valence-electron chi connectivity index (χ4n) is 8.36. The van der Waals surface area contributed by atoms with Crippen molar-refractivity contribution >= 4 is 36.5 Å². The second kappa shape index (κ2) is 30.5. The summed E-state index contributed by atoms with van der Waals surface area (Å²) in [5, 5.41) is 45.9. The van der Waals surface area contributed by atoms with Crippen LogP contribution < -0.4 is 11.1 Å². The summed E-state index contributed by atoms with van der Waals surface area (Å²) in [7, 11) is 1.00. The molecule has 0 aliphatic carbocycles. The van der Waals surface area contributed by atoms with Crippen LogP contribution in [0.2, 0.25) is 0 Å². The molecule has 7 N–H and O–H groups in total. The largest absolute Gasteiger partial charge is 0.444 e. The maximum Gasteiger partial charge on any atom is 0.437 e. The summed E-state index contributed by atoms with van der Waals surface area (Å²) < 4.78 is 21.7. The number of nitrogens with zero attached hydrogens (tertiary/aromatic N) is 7. The van der Waals surface area contributed by atoms with Gasteiger partial charge in [0.25, 0.3) is 0 Å². The second-order valence-corrected chi connectivity index (χ2v) is 20.4. The Morgan fingerprint density at radius 1 is 0.685 bits per heavy atom. The Bertz CT molecular complexity index is 2280. The Labute approximate surface area is 438 Å². The summed E-state index contributed by atoms with van der Waals surface area (Å²) >= 11 is 0. The number of nitrogens with one attached hydrogen (secondary N) is 2. The van der Waals surface area contributed by atoms with Crippen molar-refractivity contribution in [3.63, 3.8) is 0 Å². The summed E-state index contributed by atoms with van der Waals surface area (Å²) in [5.74, 6) is 1.30. The highest BCUT2D eigenvalue weighted by atomic mass is 35.5. The molecule has 2 aromatic carbocycles. The molecule has 2 amide bonds. The van der Waals surface area contributed by atoms with Crippen LogP contribution in [0.5, 0.6) is 0 Å². The first kappa shape index (κ1) is 61.7. The van der Waals surface area contributed by atoms with E-state index in [0.717, 1.165) is 31.1 Å². The van der Waals surface area contributed by atoms with Gasteiger partial charge in [-0.2, -0.15) is 9.97 Å². The van der Waals surface area contributed by atoms with Crippen molar-refractivity contribution in [2.75, 3.05) is 20.2 Å². The van der Waals surface area contributed by atoms with Crippen molar-refractivity contribution in [2.24, 2.45) is 10.7 Å². The number of aryl methyl sites for hydroxylation is 2. The van der Waals surface area contributed by atoms with Crippen LogP contribution in [0, 0.1) is 5.41 Å². The van der Waals surface area contributed by atoms with Crippen LogP contribution in [0.3, 0.4) is 0 Å². The summed E-state index contributed by atoms with van der Waals surface area (Å²) in [6.07, 6.45) is 15.1. The van der Waals surface area contributed by atoms with E-state index in [0.29, 0.717) is 30.5 Å². The van der Waals surface area contributed by atoms with E-state index in [4.69, 9.17) is 34.8 Å². The Morgan fingerprint density at radius 2 is 1.08 bits per heavy atom. The monoisotopic (exact) mass is 1040 g/mol. The van der Waals surface area contributed by atoms with Gasteiger partial charge in [-0.05, 0) is 78.4 Å². The van der Waals surface area contributed by atoms with E-state index in [1.165, 1.54) is 88.2 Å². The summed E-state index contributed by atoms with van der Waals surface area (Å²) in [4.78, 5) is 41.5. The number of carbonyl (C=O) groups excluding carboxylic acids is 2. The first-order valence-electron chi connectivity index (χ1n) is 25.7. The Balaban J connectivity index is 0.000000394. The number of aliphatic hydroxyl groups is 3. The molecule has 4 aromatic rings. The normalized spacial score (nSPS) is 17.7. The van der Waals surface area contributed by atoms with E-state index in [9.17, 15) is 19.8 Å². The Morgan fingerprint density at radius 3 is 1.49 bits per heavy atom. The van der Waals surface area contributed by atoms with Gasteiger partial charge in [0.05, 0.1) is 12.2 Å². The molecule has 2 aliphatic heterocycles. The van der Waals surface area contributed by atoms with Gasteiger partial charge in [-0.3, -0.25) is 10.7 Å². The number of amides is 2. The number of nitrogens with two attached hydrogens (primary N) is 1. The average Bonchev–Trinajstić information content (AvgIpc) is 4.16. The van der Waals surface area contributed by atoms with Gasteiger partial charge in [-0.15, -0.1) is 17.4 Å². The zero-order valence-electron chi connectivity index (χ0n) is 44.6. The van der Waals surface area contributed by atoms with Crippen molar-refractivity contribution in [3.05, 3.63) is 71.4 Å². The standard InChI is InChI=1S/C31H47N5O6.C21H31N5O2.CH4O.ClH/c1-8-9-10-11-12-13-14-21-15-17-22(18-16-21)25-32-26(42-35-25)24-19-23(37)20-36(24)27(33-28(38)40-30(2,3)4)34-29(39)41-31(5,6)7;1-2-3-4-5-6-7-8-15-9-11-16(12-10-15)19-24-20(28-25-19)18-13-17(27)14-26(18)21(22)23;1-2;/h15-18,23-24,37H,8-14,19-20H2,1-7H3,(H,33,34,38,39);9-12,17-18,27H,2-8,13-14H2,1H3,(H3,22,23);2H,1H3;1H/t23-,24-;17-,18-;;/m00../s1. The highest BCUT2D eigenvalue weighted by molar-refractivity contribution is 5.99. The molecule has 0 radical (unpaired) electrons. The van der Waals surface area contributed by atoms with Gasteiger partial charge in [0.1, 0.15) is 23.3 Å². The molecule has 406 valence electrons. The summed E-state index contributed by atoms with van der Waals surface area (Å²) in [5.41, 5.74) is 8.31. The number of hydrogen-bond acceptors (Lipinski definition) is 14. The number of rotatable bonds is 18. The highest BCUT2D eigenvalue weighted by Gasteiger charge is 2.40. The van der Waals surface area contributed by atoms with E-state index < -0.39 is 41.6 Å². The lowest BCUT2D eigenvalue weighted by molar-refractivity contribution is 0.0551. The molecule has 0 unspecified atom stereocenters. The molecule has 4 atom stereocenters. The average molecular weight is 1040 g/mol. The SMILES string of the molecule is CCCCCCCCc1ccc(-c2noc([C@@H]3C[C@H](O)CN3C(=N)N)n2)cc1.CCCCCCCCc1ccc(-c2noc([C@@H]3C[C@H](O)CN3C(=NC(=O)OC(C)(C)C)NC(=O)OC(C)(C)C)n2)cc1.CO.Cl. The molecule has 0 bridgehead atoms. The number of hydrogen-bond donors (Lipinski definition) is 6. The quantitative estimate of drug-likeness (QED) is 0.0307. The third-order valence-corrected chi connectivity index (χ3v) is 11.9. The molecule has 19 nitrogen and oxygen atoms in total. The van der Waals surface area contributed by atoms with Gasteiger partial charge >= 0.3 is 12.2 Å². The number of β-amino-alcohol motifs (C(OH)–C–C–N with tert-alkyl or cyclic N) is 2. The third-order valence-electron chi connectivity index (χ3n) is 11.9. The number of alkyl carbamates (subject to hydrolysis) is 1. The van der Waals surface area contributed by atoms with Crippen LogP contribution in [0.1, 0.15) is 180 Å². The Hall–Kier alpha value is -5.63. The van der Waals surface area contributed by atoms with E-state index in [1.807, 2.05) is 24.3 Å². The number of guanidine groups is 2. The molecular formula is C53H83ClN10O9. The smallest absolute Gasteiger partial charge is 0.437 e. The number of benzene rings is 2. The lowest BCUT2D eigenvalue weighted by Crippen LogP contribution is -2.46. The number of aliphatic imine (C=N–C) groups is 1. The number of carbonyl (C=O) groups is 2. The molecule has 73 heavy (non-hydrogen) atoms. The minimum absolute atomic E-state index is 0. The van der Waals surface area contributed by atoms with Crippen LogP contribution in [-0.2, 0) is 22.3 Å². The molecule has 2 saturated heterocycles. The van der Waals surface area contributed by atoms with Crippen molar-refractivity contribution in [3.8, 4) is 22.8 Å². The predicted molar refractivity (Wildman–Crippen MR) is 284 cm³/mol. The molecule has 2 fully saturated rings. The lowest BCUT2D eigenvalue weighted by atomic mass is 10.0. The number of unbranched alkanes of at least 4 members (excludes halogenated alkanes) is 10. The molecule has 0 spiro atoms. The van der Waals surface area contributed by atoms with Gasteiger partial charge < -0.3 is 49.4 Å². The Kier molecular flexibility index (Phi) is 25.8. The van der Waals surface area contributed by atoms with Gasteiger partial charge in [0.15, 0.2) is 5.96 Å². The maximum atomic E-state index is 12.7. The molecular weight excluding hydrogens is 956 g/mol. The van der Waals surface area contributed by atoms with Gasteiger partial charge in [-0.1, -0.05) is 137 Å². The minimum atomic E-state index is -0.902. The summed E-state index contributed by atoms with van der Waals surface area (Å²) in [6.45, 7) is 15.1. The molecule has 2 aliphatic rings. The number of ether oxygens (including phenoxy) is 2. The molecule has 0 saturated carbocycles. The molecule has 20 heteroatoms. The maximum absolute atomic E-state index is 12.7. The number of halogens is 1. The van der Waals surface area contributed by atoms with Crippen LogP contribution in [-0.4, -0.2) is 113 Å². The molecule has 6 rings (SSSR count). The van der Waals surface area contributed by atoms with Crippen LogP contribution in [0.15, 0.2) is 62.6 Å². The first-order valence-corrected chi connectivity index (χ1v) is 25.7. The van der Waals surface area contributed by atoms with Crippen molar-refractivity contribution in [2.45, 2.75) is 194 Å². The topological polar surface area (TPSA) is 272 Å². The van der Waals surface area contributed by atoms with Gasteiger partial charge in [-0.25, -0.2) is 9.59 Å². The zero-order chi connectivity index (χ0) is 52.8. The van der Waals surface area contributed by atoms with E-state index in [1.54, 1.807) is 51.3 Å². The first-order chi connectivity index (χ1) is 34.3. The second-order valence-electron chi connectivity index (χ2n) is 20.4. The van der Waals surface area contributed by atoms with Crippen molar-refractivity contribution < 1.29 is 43.4 Å².